The van der Waals surface area contributed by atoms with Gasteiger partial charge in [-0.25, -0.2) is 9.18 Å². The van der Waals surface area contributed by atoms with E-state index in [1.807, 2.05) is 0 Å². The molecule has 0 amide bonds. The minimum absolute atomic E-state index is 0. The molecule has 0 aliphatic heterocycles. The number of ether oxygens (including phenoxy) is 2. The van der Waals surface area contributed by atoms with E-state index in [1.165, 1.54) is 24.3 Å². The number of nitrogens with one attached hydrogen (secondary N) is 1. The van der Waals surface area contributed by atoms with Gasteiger partial charge in [-0.05, 0) is 30.3 Å². The Morgan fingerprint density at radius 2 is 1.81 bits per heavy atom. The van der Waals surface area contributed by atoms with Crippen molar-refractivity contribution in [3.63, 3.8) is 0 Å². The SMILES string of the molecule is COC(=O)c1ccc(F)cc1Oc1cccc2[nH]c(C(F)(F)F)cc12.[MgH2]. The maximum Gasteiger partial charge on any atom is 0.431 e. The molecule has 1 N–H and O–H groups in total. The number of esters is 1. The number of methoxy groups -OCH3 is 1. The molecule has 0 radical (unpaired) electrons. The number of aromatic nitrogens is 1. The number of fused-ring (bicyclic) bond motifs is 1. The van der Waals surface area contributed by atoms with Crippen LogP contribution < -0.4 is 4.74 Å². The highest BCUT2D eigenvalue weighted by atomic mass is 24.3. The number of hydrogen-bond donors (Lipinski definition) is 1. The third-order valence-electron chi connectivity index (χ3n) is 3.50. The Balaban J connectivity index is 0.00000243. The van der Waals surface area contributed by atoms with E-state index in [9.17, 15) is 22.4 Å². The smallest absolute Gasteiger partial charge is 0.431 e. The number of benzene rings is 2. The molecule has 2 aromatic carbocycles. The Hall–Kier alpha value is -2.26. The van der Waals surface area contributed by atoms with Crippen LogP contribution in [0.5, 0.6) is 11.5 Å². The van der Waals surface area contributed by atoms with E-state index in [4.69, 9.17) is 4.74 Å². The normalized spacial score (nSPS) is 11.1. The molecule has 0 bridgehead atoms. The number of carbonyl (C=O) groups is 1. The van der Waals surface area contributed by atoms with Crippen molar-refractivity contribution in [2.75, 3.05) is 7.11 Å². The summed E-state index contributed by atoms with van der Waals surface area (Å²) in [5.41, 5.74) is -0.792. The van der Waals surface area contributed by atoms with Crippen LogP contribution in [0.4, 0.5) is 17.6 Å². The summed E-state index contributed by atoms with van der Waals surface area (Å²) in [4.78, 5) is 14.0. The number of aromatic amines is 1. The summed E-state index contributed by atoms with van der Waals surface area (Å²) in [5, 5.41) is 0.148. The molecule has 9 heteroatoms. The van der Waals surface area contributed by atoms with Crippen molar-refractivity contribution in [1.82, 2.24) is 4.98 Å². The molecule has 1 heterocycles. The molecule has 0 fully saturated rings. The van der Waals surface area contributed by atoms with Crippen LogP contribution in [0, 0.1) is 5.82 Å². The van der Waals surface area contributed by atoms with Gasteiger partial charge in [-0.1, -0.05) is 6.07 Å². The first-order chi connectivity index (χ1) is 11.8. The van der Waals surface area contributed by atoms with Gasteiger partial charge >= 0.3 is 35.2 Å². The largest absolute Gasteiger partial charge is 0.465 e. The van der Waals surface area contributed by atoms with Gasteiger partial charge in [0.25, 0.3) is 0 Å². The molecule has 0 aliphatic carbocycles. The first-order valence-corrected chi connectivity index (χ1v) is 7.04. The van der Waals surface area contributed by atoms with Crippen molar-refractivity contribution in [2.24, 2.45) is 0 Å². The lowest BCUT2D eigenvalue weighted by Crippen LogP contribution is -2.04. The van der Waals surface area contributed by atoms with Gasteiger partial charge in [-0.2, -0.15) is 13.2 Å². The quantitative estimate of drug-likeness (QED) is 0.425. The van der Waals surface area contributed by atoms with Crippen molar-refractivity contribution in [3.05, 3.63) is 59.5 Å². The van der Waals surface area contributed by atoms with E-state index in [0.717, 1.165) is 25.3 Å². The zero-order valence-electron chi connectivity index (χ0n) is 12.8. The third-order valence-corrected chi connectivity index (χ3v) is 3.50. The topological polar surface area (TPSA) is 51.3 Å². The first kappa shape index (κ1) is 20.1. The number of carbonyl (C=O) groups excluding carboxylic acids is 1. The van der Waals surface area contributed by atoms with Gasteiger partial charge in [0.15, 0.2) is 0 Å². The van der Waals surface area contributed by atoms with Crippen molar-refractivity contribution >= 4 is 39.9 Å². The molecular formula is C17H13F4MgNO3. The van der Waals surface area contributed by atoms with Gasteiger partial charge in [-0.15, -0.1) is 0 Å². The van der Waals surface area contributed by atoms with E-state index < -0.39 is 23.7 Å². The van der Waals surface area contributed by atoms with E-state index in [-0.39, 0.29) is 51.0 Å². The second-order valence-electron chi connectivity index (χ2n) is 5.13. The van der Waals surface area contributed by atoms with Crippen LogP contribution in [0.25, 0.3) is 10.9 Å². The fourth-order valence-corrected chi connectivity index (χ4v) is 2.35. The molecule has 4 nitrogen and oxygen atoms in total. The molecule has 1 aromatic heterocycles. The van der Waals surface area contributed by atoms with E-state index in [2.05, 4.69) is 9.72 Å². The van der Waals surface area contributed by atoms with E-state index in [0.29, 0.717) is 0 Å². The Morgan fingerprint density at radius 1 is 1.08 bits per heavy atom. The van der Waals surface area contributed by atoms with E-state index in [1.54, 1.807) is 0 Å². The minimum atomic E-state index is -4.55. The number of rotatable bonds is 3. The molecule has 26 heavy (non-hydrogen) atoms. The maximum absolute atomic E-state index is 13.5. The van der Waals surface area contributed by atoms with E-state index >= 15 is 0 Å². The maximum atomic E-state index is 13.5. The molecule has 0 saturated heterocycles. The average Bonchev–Trinajstić information content (AvgIpc) is 3.00. The predicted molar refractivity (Wildman–Crippen MR) is 89.7 cm³/mol. The third kappa shape index (κ3) is 3.93. The van der Waals surface area contributed by atoms with Crippen LogP contribution in [0.2, 0.25) is 0 Å². The van der Waals surface area contributed by atoms with Gasteiger partial charge in [0, 0.05) is 17.0 Å². The highest BCUT2D eigenvalue weighted by molar-refractivity contribution is 5.93. The van der Waals surface area contributed by atoms with Gasteiger partial charge in [-0.3, -0.25) is 0 Å². The van der Waals surface area contributed by atoms with Crippen molar-refractivity contribution < 1.29 is 31.8 Å². The fraction of sp³-hybridized carbons (Fsp3) is 0.118. The fourth-order valence-electron chi connectivity index (χ4n) is 2.35. The van der Waals surface area contributed by atoms with Crippen LogP contribution >= 0.6 is 0 Å². The molecule has 0 unspecified atom stereocenters. The zero-order valence-corrected chi connectivity index (χ0v) is 12.8. The number of hydrogen-bond acceptors (Lipinski definition) is 3. The second kappa shape index (κ2) is 7.54. The number of H-pyrrole nitrogens is 1. The molecule has 3 rings (SSSR count). The predicted octanol–water partition coefficient (Wildman–Crippen LogP) is 3.99. The Morgan fingerprint density at radius 3 is 2.46 bits per heavy atom. The van der Waals surface area contributed by atoms with Gasteiger partial charge in [0.2, 0.25) is 0 Å². The van der Waals surface area contributed by atoms with Crippen molar-refractivity contribution in [2.45, 2.75) is 6.18 Å². The van der Waals surface area contributed by atoms with Crippen LogP contribution in [0.15, 0.2) is 42.5 Å². The highest BCUT2D eigenvalue weighted by Gasteiger charge is 2.33. The first-order valence-electron chi connectivity index (χ1n) is 7.04. The highest BCUT2D eigenvalue weighted by Crippen LogP contribution is 2.37. The average molecular weight is 380 g/mol. The lowest BCUT2D eigenvalue weighted by molar-refractivity contribution is -0.140. The monoisotopic (exact) mass is 379 g/mol. The number of alkyl halides is 3. The Kier molecular flexibility index (Phi) is 5.82. The molecule has 0 spiro atoms. The molecule has 134 valence electrons. The van der Waals surface area contributed by atoms with Gasteiger partial charge in [0.1, 0.15) is 28.6 Å². The molecular weight excluding hydrogens is 366 g/mol. The minimum Gasteiger partial charge on any atom is -0.465 e. The summed E-state index contributed by atoms with van der Waals surface area (Å²) in [6.45, 7) is 0. The van der Waals surface area contributed by atoms with Crippen LogP contribution in [0.3, 0.4) is 0 Å². The molecule has 0 atom stereocenters. The molecule has 0 aliphatic rings. The summed E-state index contributed by atoms with van der Waals surface area (Å²) < 4.78 is 62.2. The van der Waals surface area contributed by atoms with Gasteiger partial charge in [0.05, 0.1) is 7.11 Å². The van der Waals surface area contributed by atoms with Crippen molar-refractivity contribution in [1.29, 1.82) is 0 Å². The zero-order chi connectivity index (χ0) is 18.2. The summed E-state index contributed by atoms with van der Waals surface area (Å²) in [5.74, 6) is -1.54. The molecule has 0 saturated carbocycles. The standard InChI is InChI=1S/C17H11F4NO3.Mg.2H/c1-24-16(23)10-6-5-9(18)7-14(10)25-13-4-2-3-12-11(13)8-15(22-12)17(19,20)21;;;/h2-8,22H,1H3;;;. The summed E-state index contributed by atoms with van der Waals surface area (Å²) in [6.07, 6.45) is -4.55. The number of halogens is 4. The second-order valence-corrected chi connectivity index (χ2v) is 5.13. The lowest BCUT2D eigenvalue weighted by atomic mass is 10.2. The lowest BCUT2D eigenvalue weighted by Gasteiger charge is -2.11. The van der Waals surface area contributed by atoms with Gasteiger partial charge < -0.3 is 14.5 Å². The Labute approximate surface area is 161 Å². The van der Waals surface area contributed by atoms with Crippen LogP contribution in [-0.4, -0.2) is 41.1 Å². The molecule has 3 aromatic rings. The summed E-state index contributed by atoms with van der Waals surface area (Å²) in [6, 6.07) is 8.43. The van der Waals surface area contributed by atoms with Crippen LogP contribution in [-0.2, 0) is 10.9 Å². The van der Waals surface area contributed by atoms with Crippen molar-refractivity contribution in [3.8, 4) is 11.5 Å². The summed E-state index contributed by atoms with van der Waals surface area (Å²) in [7, 11) is 1.15. The Bertz CT molecular complexity index is 953. The van der Waals surface area contributed by atoms with Crippen LogP contribution in [0.1, 0.15) is 16.1 Å². The summed E-state index contributed by atoms with van der Waals surface area (Å²) >= 11 is 0.